The SMILES string of the molecule is Brc1ccc2c(c1)-c1c(ncnc1NC1CCC(N3CCOCC3)CC1)C2.FC(F)n1cc(-c2ccc3c(c2)-c2c(ncnc2NC2CCC(N4CCOCC4)CC2)C3)cn1. The highest BCUT2D eigenvalue weighted by Crippen LogP contribution is 2.43. The summed E-state index contributed by atoms with van der Waals surface area (Å²) >= 11 is 3.61. The van der Waals surface area contributed by atoms with Gasteiger partial charge in [0, 0.05) is 90.5 Å². The van der Waals surface area contributed by atoms with Crippen LogP contribution in [0.2, 0.25) is 0 Å². The van der Waals surface area contributed by atoms with E-state index in [1.807, 2.05) is 6.07 Å². The van der Waals surface area contributed by atoms with Crippen molar-refractivity contribution in [3.8, 4) is 33.4 Å². The predicted octanol–water partition coefficient (Wildman–Crippen LogP) is 8.23. The lowest BCUT2D eigenvalue weighted by atomic mass is 9.89. The predicted molar refractivity (Wildman–Crippen MR) is 235 cm³/mol. The van der Waals surface area contributed by atoms with Crippen molar-refractivity contribution in [1.82, 2.24) is 39.5 Å². The molecule has 2 N–H and O–H groups in total. The maximum Gasteiger partial charge on any atom is 0.333 e. The number of ether oxygens (including phenoxy) is 2. The van der Waals surface area contributed by atoms with Crippen molar-refractivity contribution in [2.75, 3.05) is 63.2 Å². The minimum Gasteiger partial charge on any atom is -0.379 e. The van der Waals surface area contributed by atoms with Gasteiger partial charge in [-0.25, -0.2) is 24.6 Å². The van der Waals surface area contributed by atoms with Crippen LogP contribution in [-0.4, -0.2) is 116 Å². The molecule has 320 valence electrons. The molecule has 12 nitrogen and oxygen atoms in total. The molecular formula is C46H53BrF2N10O2. The van der Waals surface area contributed by atoms with Gasteiger partial charge in [-0.2, -0.15) is 13.9 Å². The van der Waals surface area contributed by atoms with Gasteiger partial charge in [0.2, 0.25) is 0 Å². The molecule has 5 aromatic rings. The second kappa shape index (κ2) is 18.1. The molecule has 11 rings (SSSR count). The Hall–Kier alpha value is -4.41. The Morgan fingerprint density at radius 3 is 1.64 bits per heavy atom. The van der Waals surface area contributed by atoms with Crippen LogP contribution < -0.4 is 10.6 Å². The first-order valence-electron chi connectivity index (χ1n) is 22.0. The standard InChI is InChI=1S/C25H28F2N6O.C21H25BrN4O/c26-25(27)33-14-18(13-30-33)16-1-2-17-12-22-23(21(17)11-16)24(29-15-28-22)31-19-3-5-20(6-4-19)32-7-9-34-10-8-32;22-15-2-1-14-11-19-20(18(14)12-15)21(24-13-23-19)25-16-3-5-17(6-4-16)26-7-9-27-10-8-26/h1-2,11,13-15,19-20,25H,3-10,12H2,(H,28,29,31);1-2,12-13,16-17H,3-11H2,(H,23,24,25). The van der Waals surface area contributed by atoms with Gasteiger partial charge in [-0.3, -0.25) is 9.80 Å². The van der Waals surface area contributed by atoms with Crippen LogP contribution >= 0.6 is 15.9 Å². The number of hydrogen-bond acceptors (Lipinski definition) is 11. The summed E-state index contributed by atoms with van der Waals surface area (Å²) in [5, 5.41) is 11.3. The summed E-state index contributed by atoms with van der Waals surface area (Å²) in [6.07, 6.45) is 17.4. The Morgan fingerprint density at radius 2 is 1.13 bits per heavy atom. The quantitative estimate of drug-likeness (QED) is 0.154. The van der Waals surface area contributed by atoms with Gasteiger partial charge in [0.05, 0.1) is 44.0 Å². The zero-order chi connectivity index (χ0) is 41.3. The summed E-state index contributed by atoms with van der Waals surface area (Å²) in [6, 6.07) is 14.8. The number of nitrogens with one attached hydrogen (secondary N) is 2. The summed E-state index contributed by atoms with van der Waals surface area (Å²) in [4.78, 5) is 23.5. The summed E-state index contributed by atoms with van der Waals surface area (Å²) in [5.74, 6) is 1.88. The number of halogens is 3. The fraction of sp³-hybridized carbons (Fsp3) is 0.500. The molecule has 61 heavy (non-hydrogen) atoms. The van der Waals surface area contributed by atoms with E-state index < -0.39 is 6.55 Å². The number of nitrogens with zero attached hydrogens (tertiary/aromatic N) is 8. The number of alkyl halides is 2. The van der Waals surface area contributed by atoms with E-state index in [9.17, 15) is 8.78 Å². The first-order valence-corrected chi connectivity index (χ1v) is 22.8. The highest BCUT2D eigenvalue weighted by molar-refractivity contribution is 9.10. The molecular weight excluding hydrogens is 842 g/mol. The van der Waals surface area contributed by atoms with Crippen LogP contribution in [0.3, 0.4) is 0 Å². The average molecular weight is 896 g/mol. The molecule has 0 amide bonds. The van der Waals surface area contributed by atoms with Crippen LogP contribution in [0.4, 0.5) is 20.4 Å². The largest absolute Gasteiger partial charge is 0.379 e. The third kappa shape index (κ3) is 8.81. The Kier molecular flexibility index (Phi) is 12.1. The Labute approximate surface area is 364 Å². The van der Waals surface area contributed by atoms with Crippen LogP contribution in [-0.2, 0) is 22.3 Å². The molecule has 0 unspecified atom stereocenters. The van der Waals surface area contributed by atoms with E-state index in [4.69, 9.17) is 9.47 Å². The molecule has 0 radical (unpaired) electrons. The highest BCUT2D eigenvalue weighted by Gasteiger charge is 2.32. The van der Waals surface area contributed by atoms with E-state index in [2.05, 4.69) is 91.7 Å². The van der Waals surface area contributed by atoms with Crippen LogP contribution in [0.25, 0.3) is 33.4 Å². The normalized spacial score (nSPS) is 23.7. The third-order valence-electron chi connectivity index (χ3n) is 13.6. The van der Waals surface area contributed by atoms with Gasteiger partial charge in [0.1, 0.15) is 24.3 Å². The van der Waals surface area contributed by atoms with Crippen molar-refractivity contribution in [3.63, 3.8) is 0 Å². The van der Waals surface area contributed by atoms with Gasteiger partial charge in [0.25, 0.3) is 0 Å². The van der Waals surface area contributed by atoms with Crippen molar-refractivity contribution in [2.45, 2.75) is 94.9 Å². The number of anilines is 2. The van der Waals surface area contributed by atoms with Crippen LogP contribution in [0.15, 0.2) is 65.9 Å². The molecule has 0 spiro atoms. The number of benzene rings is 2. The maximum absolute atomic E-state index is 13.0. The summed E-state index contributed by atoms with van der Waals surface area (Å²) in [5.41, 5.74) is 10.8. The van der Waals surface area contributed by atoms with E-state index in [1.54, 1.807) is 12.7 Å². The minimum atomic E-state index is -2.65. The number of fused-ring (bicyclic) bond motifs is 6. The molecule has 2 aromatic carbocycles. The van der Waals surface area contributed by atoms with Gasteiger partial charge in [-0.05, 0) is 97.4 Å². The molecule has 0 bridgehead atoms. The molecule has 4 aliphatic carbocycles. The lowest BCUT2D eigenvalue weighted by molar-refractivity contribution is 0.00788. The molecule has 3 aromatic heterocycles. The van der Waals surface area contributed by atoms with Crippen molar-refractivity contribution >= 4 is 27.6 Å². The van der Waals surface area contributed by atoms with Crippen molar-refractivity contribution in [2.24, 2.45) is 0 Å². The molecule has 5 heterocycles. The third-order valence-corrected chi connectivity index (χ3v) is 14.1. The molecule has 15 heteroatoms. The van der Waals surface area contributed by atoms with E-state index in [0.717, 1.165) is 129 Å². The zero-order valence-electron chi connectivity index (χ0n) is 34.4. The van der Waals surface area contributed by atoms with Crippen molar-refractivity contribution in [3.05, 3.63) is 88.4 Å². The minimum absolute atomic E-state index is 0.382. The summed E-state index contributed by atoms with van der Waals surface area (Å²) in [7, 11) is 0. The first kappa shape index (κ1) is 40.6. The second-order valence-corrected chi connectivity index (χ2v) is 18.1. The fourth-order valence-electron chi connectivity index (χ4n) is 10.4. The Bertz CT molecular complexity index is 2320. The molecule has 2 saturated heterocycles. The number of morpholine rings is 2. The molecule has 2 saturated carbocycles. The average Bonchev–Trinajstić information content (AvgIpc) is 4.04. The van der Waals surface area contributed by atoms with Gasteiger partial charge >= 0.3 is 6.55 Å². The maximum atomic E-state index is 13.0. The van der Waals surface area contributed by atoms with Crippen molar-refractivity contribution in [1.29, 1.82) is 0 Å². The zero-order valence-corrected chi connectivity index (χ0v) is 36.0. The second-order valence-electron chi connectivity index (χ2n) is 17.2. The molecule has 2 aliphatic heterocycles. The van der Waals surface area contributed by atoms with Crippen LogP contribution in [0.5, 0.6) is 0 Å². The van der Waals surface area contributed by atoms with Gasteiger partial charge in [0.15, 0.2) is 0 Å². The van der Waals surface area contributed by atoms with Gasteiger partial charge < -0.3 is 20.1 Å². The molecule has 0 atom stereocenters. The lowest BCUT2D eigenvalue weighted by Crippen LogP contribution is -2.46. The summed E-state index contributed by atoms with van der Waals surface area (Å²) in [6.45, 7) is 5.08. The lowest BCUT2D eigenvalue weighted by Gasteiger charge is -2.39. The monoisotopic (exact) mass is 894 g/mol. The topological polar surface area (TPSA) is 118 Å². The van der Waals surface area contributed by atoms with E-state index in [1.165, 1.54) is 73.2 Å². The molecule has 6 aliphatic rings. The van der Waals surface area contributed by atoms with Crippen LogP contribution in [0, 0.1) is 0 Å². The van der Waals surface area contributed by atoms with Crippen LogP contribution in [0.1, 0.15) is 80.4 Å². The van der Waals surface area contributed by atoms with E-state index in [-0.39, 0.29) is 0 Å². The molecule has 4 fully saturated rings. The fourth-order valence-corrected chi connectivity index (χ4v) is 10.7. The number of aromatic nitrogens is 6. The van der Waals surface area contributed by atoms with Gasteiger partial charge in [-0.1, -0.05) is 34.1 Å². The number of rotatable bonds is 8. The van der Waals surface area contributed by atoms with Gasteiger partial charge in [-0.15, -0.1) is 0 Å². The first-order chi connectivity index (χ1) is 29.9. The number of hydrogen-bond donors (Lipinski definition) is 2. The van der Waals surface area contributed by atoms with Crippen molar-refractivity contribution < 1.29 is 18.3 Å². The Balaban J connectivity index is 0.000000150. The van der Waals surface area contributed by atoms with E-state index >= 15 is 0 Å². The van der Waals surface area contributed by atoms with E-state index in [0.29, 0.717) is 28.4 Å². The summed E-state index contributed by atoms with van der Waals surface area (Å²) < 4.78 is 38.8. The smallest absolute Gasteiger partial charge is 0.333 e. The highest BCUT2D eigenvalue weighted by atomic mass is 79.9. The Morgan fingerprint density at radius 1 is 0.623 bits per heavy atom.